The van der Waals surface area contributed by atoms with Crippen LogP contribution in [0.4, 0.5) is 0 Å². The van der Waals surface area contributed by atoms with Gasteiger partial charge in [-0.1, -0.05) is 6.58 Å². The second-order valence-corrected chi connectivity index (χ2v) is 1.18. The lowest BCUT2D eigenvalue weighted by molar-refractivity contribution is 0.220. The SMILES string of the molecule is C=C(COC)NN. The fourth-order valence-electron chi connectivity index (χ4n) is 0.216. The van der Waals surface area contributed by atoms with Crippen molar-refractivity contribution in [1.82, 2.24) is 5.43 Å². The molecule has 3 heteroatoms. The van der Waals surface area contributed by atoms with Crippen LogP contribution >= 0.6 is 0 Å². The average molecular weight is 102 g/mol. The van der Waals surface area contributed by atoms with E-state index in [1.165, 1.54) is 0 Å². The third-order valence-electron chi connectivity index (χ3n) is 0.523. The predicted molar refractivity (Wildman–Crippen MR) is 28.3 cm³/mol. The molecule has 0 saturated carbocycles. The zero-order valence-electron chi connectivity index (χ0n) is 4.40. The van der Waals surface area contributed by atoms with E-state index in [1.807, 2.05) is 0 Å². The number of hydrogen-bond donors (Lipinski definition) is 2. The van der Waals surface area contributed by atoms with Crippen LogP contribution in [0.2, 0.25) is 0 Å². The van der Waals surface area contributed by atoms with Crippen LogP contribution in [0.1, 0.15) is 0 Å². The van der Waals surface area contributed by atoms with Gasteiger partial charge in [-0.05, 0) is 0 Å². The van der Waals surface area contributed by atoms with Crippen molar-refractivity contribution >= 4 is 0 Å². The molecule has 0 aliphatic rings. The molecule has 42 valence electrons. The normalized spacial score (nSPS) is 8.29. The number of ether oxygens (including phenoxy) is 1. The Morgan fingerprint density at radius 3 is 2.71 bits per heavy atom. The maximum absolute atomic E-state index is 4.93. The minimum absolute atomic E-state index is 0.469. The van der Waals surface area contributed by atoms with Gasteiger partial charge in [0.1, 0.15) is 0 Å². The van der Waals surface area contributed by atoms with Crippen LogP contribution < -0.4 is 11.3 Å². The Balaban J connectivity index is 3.00. The summed E-state index contributed by atoms with van der Waals surface area (Å²) in [6, 6.07) is 0. The molecule has 0 aromatic heterocycles. The lowest BCUT2D eigenvalue weighted by atomic mass is 10.6. The van der Waals surface area contributed by atoms with E-state index in [9.17, 15) is 0 Å². The molecular formula is C4H10N2O. The van der Waals surface area contributed by atoms with Gasteiger partial charge in [-0.3, -0.25) is 5.84 Å². The van der Waals surface area contributed by atoms with Crippen molar-refractivity contribution in [3.05, 3.63) is 12.3 Å². The van der Waals surface area contributed by atoms with Crippen LogP contribution in [-0.4, -0.2) is 13.7 Å². The zero-order valence-corrected chi connectivity index (χ0v) is 4.40. The van der Waals surface area contributed by atoms with Crippen molar-refractivity contribution < 1.29 is 4.74 Å². The quantitative estimate of drug-likeness (QED) is 0.377. The molecule has 3 nitrogen and oxygen atoms in total. The maximum atomic E-state index is 4.93. The van der Waals surface area contributed by atoms with Crippen LogP contribution in [0.15, 0.2) is 12.3 Å². The summed E-state index contributed by atoms with van der Waals surface area (Å²) in [7, 11) is 1.59. The van der Waals surface area contributed by atoms with Crippen molar-refractivity contribution in [2.45, 2.75) is 0 Å². The lowest BCUT2D eigenvalue weighted by Gasteiger charge is -1.99. The first-order valence-corrected chi connectivity index (χ1v) is 1.94. The highest BCUT2D eigenvalue weighted by Crippen LogP contribution is 1.77. The van der Waals surface area contributed by atoms with Gasteiger partial charge < -0.3 is 10.2 Å². The average Bonchev–Trinajstić information content (AvgIpc) is 1.68. The van der Waals surface area contributed by atoms with Crippen molar-refractivity contribution in [2.75, 3.05) is 13.7 Å². The van der Waals surface area contributed by atoms with Crippen molar-refractivity contribution in [3.8, 4) is 0 Å². The van der Waals surface area contributed by atoms with Gasteiger partial charge in [0.25, 0.3) is 0 Å². The van der Waals surface area contributed by atoms with Gasteiger partial charge in [0, 0.05) is 12.8 Å². The topological polar surface area (TPSA) is 47.3 Å². The Kier molecular flexibility index (Phi) is 3.36. The summed E-state index contributed by atoms with van der Waals surface area (Å²) in [5.41, 5.74) is 3.03. The molecule has 7 heavy (non-hydrogen) atoms. The van der Waals surface area contributed by atoms with Crippen LogP contribution in [-0.2, 0) is 4.74 Å². The van der Waals surface area contributed by atoms with Gasteiger partial charge in [-0.25, -0.2) is 0 Å². The first-order chi connectivity index (χ1) is 3.31. The van der Waals surface area contributed by atoms with Gasteiger partial charge in [0.2, 0.25) is 0 Å². The van der Waals surface area contributed by atoms with E-state index >= 15 is 0 Å². The number of methoxy groups -OCH3 is 1. The van der Waals surface area contributed by atoms with E-state index < -0.39 is 0 Å². The van der Waals surface area contributed by atoms with E-state index in [4.69, 9.17) is 5.84 Å². The molecule has 0 amide bonds. The number of nitrogens with two attached hydrogens (primary N) is 1. The molecule has 0 unspecified atom stereocenters. The Bertz CT molecular complexity index is 62.7. The van der Waals surface area contributed by atoms with Crippen molar-refractivity contribution in [2.24, 2.45) is 5.84 Å². The molecule has 0 radical (unpaired) electrons. The molecule has 0 rings (SSSR count). The monoisotopic (exact) mass is 102 g/mol. The molecule has 3 N–H and O–H groups in total. The molecule has 0 saturated heterocycles. The molecule has 0 spiro atoms. The molecule has 0 heterocycles. The van der Waals surface area contributed by atoms with Gasteiger partial charge >= 0.3 is 0 Å². The van der Waals surface area contributed by atoms with E-state index in [0.717, 1.165) is 0 Å². The number of hydrazine groups is 1. The summed E-state index contributed by atoms with van der Waals surface area (Å²) in [5.74, 6) is 4.93. The van der Waals surface area contributed by atoms with Crippen LogP contribution in [0, 0.1) is 0 Å². The Labute approximate surface area is 43.1 Å². The fraction of sp³-hybridized carbons (Fsp3) is 0.500. The third kappa shape index (κ3) is 3.29. The highest BCUT2D eigenvalue weighted by molar-refractivity contribution is 4.87. The molecule has 0 aliphatic carbocycles. The largest absolute Gasteiger partial charge is 0.378 e. The van der Waals surface area contributed by atoms with Gasteiger partial charge in [-0.2, -0.15) is 0 Å². The lowest BCUT2D eigenvalue weighted by Crippen LogP contribution is -2.22. The van der Waals surface area contributed by atoms with Crippen molar-refractivity contribution in [3.63, 3.8) is 0 Å². The molecule has 0 bridgehead atoms. The summed E-state index contributed by atoms with van der Waals surface area (Å²) >= 11 is 0. The molecular weight excluding hydrogens is 92.1 g/mol. The highest BCUT2D eigenvalue weighted by atomic mass is 16.5. The number of rotatable bonds is 3. The van der Waals surface area contributed by atoms with Crippen LogP contribution in [0.25, 0.3) is 0 Å². The molecule has 0 aliphatic heterocycles. The van der Waals surface area contributed by atoms with Gasteiger partial charge in [0.05, 0.1) is 6.61 Å². The van der Waals surface area contributed by atoms with E-state index in [-0.39, 0.29) is 0 Å². The minimum atomic E-state index is 0.469. The first-order valence-electron chi connectivity index (χ1n) is 1.94. The number of hydrogen-bond acceptors (Lipinski definition) is 3. The summed E-state index contributed by atoms with van der Waals surface area (Å²) in [6.45, 7) is 3.97. The van der Waals surface area contributed by atoms with E-state index in [0.29, 0.717) is 12.3 Å². The van der Waals surface area contributed by atoms with Crippen LogP contribution in [0.5, 0.6) is 0 Å². The van der Waals surface area contributed by atoms with E-state index in [2.05, 4.69) is 16.7 Å². The Morgan fingerprint density at radius 1 is 2.00 bits per heavy atom. The van der Waals surface area contributed by atoms with E-state index in [1.54, 1.807) is 7.11 Å². The third-order valence-corrected chi connectivity index (χ3v) is 0.523. The Hall–Kier alpha value is -0.540. The summed E-state index contributed by atoms with van der Waals surface area (Å²) in [5, 5.41) is 0. The van der Waals surface area contributed by atoms with Crippen LogP contribution in [0.3, 0.4) is 0 Å². The summed E-state index contributed by atoms with van der Waals surface area (Å²) in [4.78, 5) is 0. The molecule has 0 fully saturated rings. The second kappa shape index (κ2) is 3.64. The summed E-state index contributed by atoms with van der Waals surface area (Å²) in [6.07, 6.45) is 0. The molecule has 0 atom stereocenters. The second-order valence-electron chi connectivity index (χ2n) is 1.18. The van der Waals surface area contributed by atoms with Gasteiger partial charge in [-0.15, -0.1) is 0 Å². The minimum Gasteiger partial charge on any atom is -0.378 e. The van der Waals surface area contributed by atoms with Crippen molar-refractivity contribution in [1.29, 1.82) is 0 Å². The standard InChI is InChI=1S/C4H10N2O/c1-4(6-5)3-7-2/h6H,1,3,5H2,2H3. The van der Waals surface area contributed by atoms with Gasteiger partial charge in [0.15, 0.2) is 0 Å². The highest BCUT2D eigenvalue weighted by Gasteiger charge is 1.82. The fourth-order valence-corrected chi connectivity index (χ4v) is 0.216. The maximum Gasteiger partial charge on any atom is 0.0866 e. The number of nitrogens with one attached hydrogen (secondary N) is 1. The predicted octanol–water partition coefficient (Wildman–Crippen LogP) is -0.390. The first kappa shape index (κ1) is 6.46. The molecule has 0 aromatic carbocycles. The smallest absolute Gasteiger partial charge is 0.0866 e. The Morgan fingerprint density at radius 2 is 2.57 bits per heavy atom. The molecule has 0 aromatic rings. The zero-order chi connectivity index (χ0) is 5.70. The summed E-state index contributed by atoms with van der Waals surface area (Å²) < 4.78 is 4.65.